The minimum atomic E-state index is -4.39. The third kappa shape index (κ3) is 5.44. The van der Waals surface area contributed by atoms with E-state index in [9.17, 15) is 18.0 Å². The number of nitrogens with zero attached hydrogens (tertiary/aromatic N) is 1. The van der Waals surface area contributed by atoms with Gasteiger partial charge in [-0.25, -0.2) is 0 Å². The van der Waals surface area contributed by atoms with Gasteiger partial charge in [-0.1, -0.05) is 20.3 Å². The van der Waals surface area contributed by atoms with Crippen molar-refractivity contribution >= 4 is 12.0 Å². The molecule has 3 nitrogen and oxygen atoms in total. The van der Waals surface area contributed by atoms with Gasteiger partial charge in [-0.3, -0.25) is 4.79 Å². The molecular formula is C17H22F3NO2. The molecular weight excluding hydrogens is 307 g/mol. The Morgan fingerprint density at radius 3 is 2.70 bits per heavy atom. The van der Waals surface area contributed by atoms with E-state index in [1.54, 1.807) is 6.07 Å². The number of unbranched alkanes of at least 4 members (excludes halogenated alkanes) is 1. The van der Waals surface area contributed by atoms with Gasteiger partial charge in [0.25, 0.3) is 0 Å². The maximum absolute atomic E-state index is 12.6. The average Bonchev–Trinajstić information content (AvgIpc) is 3.01. The number of halogens is 3. The molecule has 0 radical (unpaired) electrons. The molecule has 1 aromatic rings. The standard InChI is InChI=1S/C17H22F3NO2/c1-3-4-9-21(11-17(18,19)20)16(22)8-6-13-5-7-15(23-13)14-10-12(14)2/h5-8,12,14H,3-4,9-11H2,1-2H3/b8-6+. The molecule has 1 saturated carbocycles. The van der Waals surface area contributed by atoms with Gasteiger partial charge >= 0.3 is 6.18 Å². The Balaban J connectivity index is 1.97. The van der Waals surface area contributed by atoms with E-state index in [0.717, 1.165) is 29.6 Å². The number of hydrogen-bond acceptors (Lipinski definition) is 2. The van der Waals surface area contributed by atoms with E-state index < -0.39 is 18.6 Å². The minimum Gasteiger partial charge on any atom is -0.461 e. The van der Waals surface area contributed by atoms with Gasteiger partial charge in [0.2, 0.25) is 5.91 Å². The molecule has 2 rings (SSSR count). The molecule has 0 bridgehead atoms. The molecule has 1 aliphatic rings. The van der Waals surface area contributed by atoms with Gasteiger partial charge in [-0.05, 0) is 37.0 Å². The van der Waals surface area contributed by atoms with Gasteiger partial charge in [-0.2, -0.15) is 13.2 Å². The van der Waals surface area contributed by atoms with E-state index in [1.165, 1.54) is 6.08 Å². The van der Waals surface area contributed by atoms with E-state index in [4.69, 9.17) is 4.42 Å². The second-order valence-corrected chi connectivity index (χ2v) is 6.12. The molecule has 23 heavy (non-hydrogen) atoms. The first kappa shape index (κ1) is 17.6. The van der Waals surface area contributed by atoms with Gasteiger partial charge in [0.05, 0.1) is 0 Å². The van der Waals surface area contributed by atoms with Crippen LogP contribution >= 0.6 is 0 Å². The summed E-state index contributed by atoms with van der Waals surface area (Å²) in [7, 11) is 0. The van der Waals surface area contributed by atoms with Crippen molar-refractivity contribution < 1.29 is 22.4 Å². The summed E-state index contributed by atoms with van der Waals surface area (Å²) in [5.74, 6) is 1.77. The van der Waals surface area contributed by atoms with E-state index in [-0.39, 0.29) is 6.54 Å². The monoisotopic (exact) mass is 329 g/mol. The van der Waals surface area contributed by atoms with Gasteiger partial charge in [-0.15, -0.1) is 0 Å². The Bertz CT molecular complexity index is 562. The molecule has 1 aromatic heterocycles. The zero-order valence-corrected chi connectivity index (χ0v) is 13.4. The lowest BCUT2D eigenvalue weighted by Gasteiger charge is -2.22. The second kappa shape index (κ2) is 7.23. The Kier molecular flexibility index (Phi) is 5.55. The lowest BCUT2D eigenvalue weighted by molar-refractivity contribution is -0.158. The predicted molar refractivity (Wildman–Crippen MR) is 81.8 cm³/mol. The van der Waals surface area contributed by atoms with Crippen LogP contribution in [0, 0.1) is 5.92 Å². The predicted octanol–water partition coefficient (Wildman–Crippen LogP) is 4.61. The lowest BCUT2D eigenvalue weighted by Crippen LogP contribution is -2.38. The van der Waals surface area contributed by atoms with Gasteiger partial charge in [0.15, 0.2) is 0 Å². The Hall–Kier alpha value is -1.72. The molecule has 1 aliphatic carbocycles. The van der Waals surface area contributed by atoms with Crippen LogP contribution in [0.5, 0.6) is 0 Å². The summed E-state index contributed by atoms with van der Waals surface area (Å²) in [6.07, 6.45) is 0.560. The molecule has 2 unspecified atom stereocenters. The van der Waals surface area contributed by atoms with Crippen LogP contribution in [0.15, 0.2) is 22.6 Å². The number of carbonyl (C=O) groups is 1. The smallest absolute Gasteiger partial charge is 0.406 e. The van der Waals surface area contributed by atoms with Crippen LogP contribution in [0.1, 0.15) is 50.5 Å². The molecule has 0 spiro atoms. The van der Waals surface area contributed by atoms with Crippen LogP contribution in [0.3, 0.4) is 0 Å². The highest BCUT2D eigenvalue weighted by molar-refractivity contribution is 5.91. The van der Waals surface area contributed by atoms with E-state index in [2.05, 4.69) is 6.92 Å². The molecule has 0 saturated heterocycles. The topological polar surface area (TPSA) is 33.5 Å². The van der Waals surface area contributed by atoms with Crippen molar-refractivity contribution in [2.24, 2.45) is 5.92 Å². The number of alkyl halides is 3. The highest BCUT2D eigenvalue weighted by Gasteiger charge is 2.36. The SMILES string of the molecule is CCCCN(CC(F)(F)F)C(=O)/C=C/c1ccc(C2CC2C)o1. The fourth-order valence-corrected chi connectivity index (χ4v) is 2.47. The van der Waals surface area contributed by atoms with Crippen LogP contribution < -0.4 is 0 Å². The molecule has 2 atom stereocenters. The summed E-state index contributed by atoms with van der Waals surface area (Å²) in [5.41, 5.74) is 0. The van der Waals surface area contributed by atoms with E-state index >= 15 is 0 Å². The quantitative estimate of drug-likeness (QED) is 0.685. The number of furan rings is 1. The molecule has 0 aromatic carbocycles. The van der Waals surface area contributed by atoms with Crippen molar-refractivity contribution in [3.05, 3.63) is 29.7 Å². The third-order valence-corrected chi connectivity index (χ3v) is 3.98. The van der Waals surface area contributed by atoms with Crippen molar-refractivity contribution in [1.29, 1.82) is 0 Å². The van der Waals surface area contributed by atoms with Gasteiger partial charge in [0.1, 0.15) is 18.1 Å². The molecule has 1 heterocycles. The van der Waals surface area contributed by atoms with E-state index in [1.807, 2.05) is 13.0 Å². The zero-order chi connectivity index (χ0) is 17.0. The maximum atomic E-state index is 12.6. The van der Waals surface area contributed by atoms with Crippen molar-refractivity contribution in [1.82, 2.24) is 4.90 Å². The van der Waals surface area contributed by atoms with Crippen LogP contribution in [-0.2, 0) is 4.79 Å². The summed E-state index contributed by atoms with van der Waals surface area (Å²) in [6.45, 7) is 2.88. The Morgan fingerprint density at radius 1 is 1.43 bits per heavy atom. The summed E-state index contributed by atoms with van der Waals surface area (Å²) in [4.78, 5) is 12.8. The largest absolute Gasteiger partial charge is 0.461 e. The first-order valence-electron chi connectivity index (χ1n) is 7.93. The molecule has 1 amide bonds. The highest BCUT2D eigenvalue weighted by atomic mass is 19.4. The van der Waals surface area contributed by atoms with Crippen LogP contribution in [0.4, 0.5) is 13.2 Å². The van der Waals surface area contributed by atoms with E-state index in [0.29, 0.717) is 24.0 Å². The summed E-state index contributed by atoms with van der Waals surface area (Å²) < 4.78 is 43.3. The molecule has 0 N–H and O–H groups in total. The molecule has 1 fully saturated rings. The summed E-state index contributed by atoms with van der Waals surface area (Å²) >= 11 is 0. The lowest BCUT2D eigenvalue weighted by atomic mass is 10.2. The van der Waals surface area contributed by atoms with Gasteiger partial charge < -0.3 is 9.32 Å². The van der Waals surface area contributed by atoms with Crippen molar-refractivity contribution in [3.63, 3.8) is 0 Å². The van der Waals surface area contributed by atoms with Crippen LogP contribution in [0.2, 0.25) is 0 Å². The first-order valence-corrected chi connectivity index (χ1v) is 7.93. The van der Waals surface area contributed by atoms with Crippen LogP contribution in [0.25, 0.3) is 6.08 Å². The minimum absolute atomic E-state index is 0.0994. The molecule has 0 aliphatic heterocycles. The average molecular weight is 329 g/mol. The Morgan fingerprint density at radius 2 is 2.13 bits per heavy atom. The highest BCUT2D eigenvalue weighted by Crippen LogP contribution is 2.47. The number of rotatable bonds is 7. The van der Waals surface area contributed by atoms with Crippen molar-refractivity contribution in [2.45, 2.75) is 45.2 Å². The van der Waals surface area contributed by atoms with Crippen molar-refractivity contribution in [3.8, 4) is 0 Å². The summed E-state index contributed by atoms with van der Waals surface area (Å²) in [5, 5.41) is 0. The molecule has 6 heteroatoms. The summed E-state index contributed by atoms with van der Waals surface area (Å²) in [6, 6.07) is 3.60. The van der Waals surface area contributed by atoms with Crippen LogP contribution in [-0.4, -0.2) is 30.1 Å². The number of hydrogen-bond donors (Lipinski definition) is 0. The fourth-order valence-electron chi connectivity index (χ4n) is 2.47. The van der Waals surface area contributed by atoms with Gasteiger partial charge in [0, 0.05) is 18.5 Å². The fraction of sp³-hybridized carbons (Fsp3) is 0.588. The Labute approximate surface area is 134 Å². The number of carbonyl (C=O) groups excluding carboxylic acids is 1. The molecule has 128 valence electrons. The third-order valence-electron chi connectivity index (χ3n) is 3.98. The second-order valence-electron chi connectivity index (χ2n) is 6.12. The normalized spacial score (nSPS) is 20.9. The number of amides is 1. The maximum Gasteiger partial charge on any atom is 0.406 e. The van der Waals surface area contributed by atoms with Crippen molar-refractivity contribution in [2.75, 3.05) is 13.1 Å². The first-order chi connectivity index (χ1) is 10.8. The zero-order valence-electron chi connectivity index (χ0n) is 13.4.